The molecule has 0 spiro atoms. The highest BCUT2D eigenvalue weighted by atomic mass is 16.8. The largest absolute Gasteiger partial charge is 0.457 e. The maximum absolute atomic E-state index is 12.5. The molecule has 0 aliphatic carbocycles. The Morgan fingerprint density at radius 3 is 1.89 bits per heavy atom. The fraction of sp³-hybridized carbons (Fsp3) is 0.321. The third kappa shape index (κ3) is 4.36. The second-order valence-corrected chi connectivity index (χ2v) is 9.28. The average Bonchev–Trinajstić information content (AvgIpc) is 3.38. The van der Waals surface area contributed by atoms with E-state index in [4.69, 9.17) is 18.9 Å². The summed E-state index contributed by atoms with van der Waals surface area (Å²) in [4.78, 5) is 15.6. The predicted octanol–water partition coefficient (Wildman–Crippen LogP) is 5.12. The van der Waals surface area contributed by atoms with Crippen LogP contribution < -0.4 is 0 Å². The van der Waals surface area contributed by atoms with E-state index in [1.807, 2.05) is 91.0 Å². The lowest BCUT2D eigenvalue weighted by Gasteiger charge is -2.37. The van der Waals surface area contributed by atoms with E-state index in [1.54, 1.807) is 13.8 Å². The zero-order valence-corrected chi connectivity index (χ0v) is 20.1. The van der Waals surface area contributed by atoms with Crippen LogP contribution in [0.5, 0.6) is 0 Å². The van der Waals surface area contributed by atoms with Crippen LogP contribution in [0.3, 0.4) is 0 Å². The highest BCUT2D eigenvalue weighted by molar-refractivity contribution is 5.78. The molecule has 2 heterocycles. The minimum atomic E-state index is -1.01. The lowest BCUT2D eigenvalue weighted by Crippen LogP contribution is -2.43. The minimum Gasteiger partial charge on any atom is -0.457 e. The molecule has 4 atom stereocenters. The molecule has 0 bridgehead atoms. The van der Waals surface area contributed by atoms with Crippen LogP contribution in [0.1, 0.15) is 30.5 Å². The van der Waals surface area contributed by atoms with Gasteiger partial charge in [0.2, 0.25) is 0 Å². The van der Waals surface area contributed by atoms with Gasteiger partial charge in [-0.2, -0.15) is 0 Å². The van der Waals surface area contributed by atoms with Crippen LogP contribution in [-0.4, -0.2) is 42.7 Å². The molecule has 2 saturated heterocycles. The molecule has 8 nitrogen and oxygen atoms in total. The Labute approximate surface area is 209 Å². The van der Waals surface area contributed by atoms with Gasteiger partial charge >= 0.3 is 5.97 Å². The molecule has 2 aliphatic heterocycles. The molecule has 0 saturated carbocycles. The second kappa shape index (κ2) is 9.76. The van der Waals surface area contributed by atoms with Gasteiger partial charge in [0, 0.05) is 4.91 Å². The van der Waals surface area contributed by atoms with Crippen molar-refractivity contribution in [1.82, 2.24) is 0 Å². The zero-order chi connectivity index (χ0) is 25.2. The molecule has 3 aromatic rings. The first-order valence-electron chi connectivity index (χ1n) is 11.9. The van der Waals surface area contributed by atoms with Gasteiger partial charge in [0.15, 0.2) is 11.9 Å². The van der Waals surface area contributed by atoms with Gasteiger partial charge in [-0.15, -0.1) is 0 Å². The fourth-order valence-electron chi connectivity index (χ4n) is 5.02. The zero-order valence-electron chi connectivity index (χ0n) is 20.1. The van der Waals surface area contributed by atoms with Crippen LogP contribution in [0.15, 0.2) is 96.1 Å². The molecule has 0 radical (unpaired) electrons. The Kier molecular flexibility index (Phi) is 6.51. The van der Waals surface area contributed by atoms with Crippen LogP contribution in [-0.2, 0) is 29.3 Å². The molecule has 0 aromatic heterocycles. The Hall–Kier alpha value is -3.68. The third-order valence-electron chi connectivity index (χ3n) is 6.53. The standard InChI is InChI=1S/C28H27N3O5/c1-27(2)35-24-23(34-26(32)25(24)36-27)22(30-31-29)18-33-28(19-12-6-3-7-13-19,20-14-8-4-9-15-20)21-16-10-5-11-17-21/h3-17,22-25H,18H2,1-2H3/t22-,23-,24+,25+/m0/s1. The molecule has 0 N–H and O–H groups in total. The molecular formula is C28H27N3O5. The molecule has 36 heavy (non-hydrogen) atoms. The lowest BCUT2D eigenvalue weighted by atomic mass is 9.80. The normalized spacial score (nSPS) is 23.4. The Bertz CT molecular complexity index is 1150. The van der Waals surface area contributed by atoms with Gasteiger partial charge in [0.25, 0.3) is 0 Å². The van der Waals surface area contributed by atoms with Gasteiger partial charge in [-0.1, -0.05) is 96.1 Å². The van der Waals surface area contributed by atoms with Crippen molar-refractivity contribution in [3.05, 3.63) is 118 Å². The quantitative estimate of drug-likeness (QED) is 0.145. The van der Waals surface area contributed by atoms with Gasteiger partial charge in [-0.25, -0.2) is 4.79 Å². The van der Waals surface area contributed by atoms with E-state index in [1.165, 1.54) is 0 Å². The Morgan fingerprint density at radius 1 is 0.917 bits per heavy atom. The highest BCUT2D eigenvalue weighted by Crippen LogP contribution is 2.42. The van der Waals surface area contributed by atoms with E-state index in [9.17, 15) is 10.3 Å². The summed E-state index contributed by atoms with van der Waals surface area (Å²) in [6.07, 6.45) is -2.42. The number of azide groups is 1. The summed E-state index contributed by atoms with van der Waals surface area (Å²) in [5.74, 6) is -1.48. The SMILES string of the molecule is CC1(C)O[C@@H]2[C@H]([C@H](COC(c3ccccc3)(c3ccccc3)c3ccccc3)N=[N+]=[N-])OC(=O)[C@@H]2O1. The number of hydrogen-bond donors (Lipinski definition) is 0. The summed E-state index contributed by atoms with van der Waals surface area (Å²) >= 11 is 0. The molecular weight excluding hydrogens is 458 g/mol. The number of rotatable bonds is 8. The van der Waals surface area contributed by atoms with Crippen LogP contribution in [0.4, 0.5) is 0 Å². The number of esters is 1. The van der Waals surface area contributed by atoms with Gasteiger partial charge in [-0.05, 0) is 36.1 Å². The first-order valence-corrected chi connectivity index (χ1v) is 11.9. The van der Waals surface area contributed by atoms with Crippen LogP contribution in [0, 0.1) is 0 Å². The van der Waals surface area contributed by atoms with E-state index in [0.717, 1.165) is 16.7 Å². The molecule has 2 fully saturated rings. The van der Waals surface area contributed by atoms with E-state index < -0.39 is 41.7 Å². The van der Waals surface area contributed by atoms with E-state index >= 15 is 0 Å². The summed E-state index contributed by atoms with van der Waals surface area (Å²) < 4.78 is 24.1. The summed E-state index contributed by atoms with van der Waals surface area (Å²) in [6.45, 7) is 3.44. The summed E-state index contributed by atoms with van der Waals surface area (Å²) in [7, 11) is 0. The lowest BCUT2D eigenvalue weighted by molar-refractivity contribution is -0.189. The molecule has 2 aliphatic rings. The number of benzene rings is 3. The highest BCUT2D eigenvalue weighted by Gasteiger charge is 2.58. The van der Waals surface area contributed by atoms with Crippen molar-refractivity contribution in [2.45, 2.75) is 49.6 Å². The first-order chi connectivity index (χ1) is 17.4. The monoisotopic (exact) mass is 485 g/mol. The smallest absolute Gasteiger partial charge is 0.338 e. The summed E-state index contributed by atoms with van der Waals surface area (Å²) in [5.41, 5.74) is 11.1. The van der Waals surface area contributed by atoms with Crippen LogP contribution in [0.25, 0.3) is 10.4 Å². The number of fused-ring (bicyclic) bond motifs is 1. The molecule has 8 heteroatoms. The van der Waals surface area contributed by atoms with Crippen molar-refractivity contribution >= 4 is 5.97 Å². The molecule has 5 rings (SSSR count). The maximum Gasteiger partial charge on any atom is 0.338 e. The first kappa shape index (κ1) is 24.0. The van der Waals surface area contributed by atoms with Crippen molar-refractivity contribution in [1.29, 1.82) is 0 Å². The Morgan fingerprint density at radius 2 is 1.42 bits per heavy atom. The maximum atomic E-state index is 12.5. The second-order valence-electron chi connectivity index (χ2n) is 9.28. The van der Waals surface area contributed by atoms with Gasteiger partial charge < -0.3 is 18.9 Å². The summed E-state index contributed by atoms with van der Waals surface area (Å²) in [6, 6.07) is 28.8. The van der Waals surface area contributed by atoms with Crippen molar-refractivity contribution < 1.29 is 23.7 Å². The molecule has 3 aromatic carbocycles. The average molecular weight is 486 g/mol. The number of nitrogens with zero attached hydrogens (tertiary/aromatic N) is 3. The third-order valence-corrected chi connectivity index (χ3v) is 6.53. The summed E-state index contributed by atoms with van der Waals surface area (Å²) in [5, 5.41) is 3.98. The van der Waals surface area contributed by atoms with Crippen molar-refractivity contribution in [2.75, 3.05) is 6.61 Å². The van der Waals surface area contributed by atoms with Crippen molar-refractivity contribution in [3.8, 4) is 0 Å². The molecule has 184 valence electrons. The minimum absolute atomic E-state index is 0.0340. The molecule has 0 amide bonds. The van der Waals surface area contributed by atoms with E-state index in [-0.39, 0.29) is 6.61 Å². The number of carbonyl (C=O) groups is 1. The van der Waals surface area contributed by atoms with E-state index in [0.29, 0.717) is 0 Å². The predicted molar refractivity (Wildman–Crippen MR) is 132 cm³/mol. The van der Waals surface area contributed by atoms with Gasteiger partial charge in [0.05, 0.1) is 6.61 Å². The number of hydrogen-bond acceptors (Lipinski definition) is 6. The van der Waals surface area contributed by atoms with Crippen LogP contribution in [0.2, 0.25) is 0 Å². The van der Waals surface area contributed by atoms with E-state index in [2.05, 4.69) is 10.0 Å². The molecule has 0 unspecified atom stereocenters. The number of cyclic esters (lactones) is 1. The number of carbonyl (C=O) groups excluding carboxylic acids is 1. The Balaban J connectivity index is 1.56. The number of ether oxygens (including phenoxy) is 4. The van der Waals surface area contributed by atoms with Crippen molar-refractivity contribution in [2.24, 2.45) is 5.11 Å². The van der Waals surface area contributed by atoms with Crippen LogP contribution >= 0.6 is 0 Å². The topological polar surface area (TPSA) is 103 Å². The van der Waals surface area contributed by atoms with Gasteiger partial charge in [0.1, 0.15) is 23.9 Å². The van der Waals surface area contributed by atoms with Gasteiger partial charge in [-0.3, -0.25) is 0 Å². The fourth-order valence-corrected chi connectivity index (χ4v) is 5.02. The van der Waals surface area contributed by atoms with Crippen molar-refractivity contribution in [3.63, 3.8) is 0 Å².